The SMILES string of the molecule is CC(=O)N1CCSC1c1ccco1. The van der Waals surface area contributed by atoms with Crippen LogP contribution in [0.4, 0.5) is 0 Å². The molecule has 1 aliphatic rings. The summed E-state index contributed by atoms with van der Waals surface area (Å²) in [4.78, 5) is 13.1. The Hall–Kier alpha value is -0.900. The average Bonchev–Trinajstić information content (AvgIpc) is 2.74. The predicted molar refractivity (Wildman–Crippen MR) is 51.3 cm³/mol. The fraction of sp³-hybridized carbons (Fsp3) is 0.444. The molecule has 0 saturated carbocycles. The van der Waals surface area contributed by atoms with Crippen LogP contribution < -0.4 is 0 Å². The highest BCUT2D eigenvalue weighted by Gasteiger charge is 2.30. The lowest BCUT2D eigenvalue weighted by Gasteiger charge is -2.19. The molecule has 0 N–H and O–H groups in total. The predicted octanol–water partition coefficient (Wildman–Crippen LogP) is 1.87. The minimum absolute atomic E-state index is 0.0903. The van der Waals surface area contributed by atoms with Crippen LogP contribution in [0.1, 0.15) is 18.1 Å². The van der Waals surface area contributed by atoms with Crippen LogP contribution in [0.5, 0.6) is 0 Å². The number of carbonyl (C=O) groups is 1. The number of thioether (sulfide) groups is 1. The number of hydrogen-bond donors (Lipinski definition) is 0. The lowest BCUT2D eigenvalue weighted by Crippen LogP contribution is -2.27. The minimum Gasteiger partial charge on any atom is -0.466 e. The van der Waals surface area contributed by atoms with Gasteiger partial charge < -0.3 is 9.32 Å². The quantitative estimate of drug-likeness (QED) is 0.689. The van der Waals surface area contributed by atoms with Gasteiger partial charge in [-0.3, -0.25) is 4.79 Å². The maximum atomic E-state index is 11.2. The molecule has 1 aromatic rings. The highest BCUT2D eigenvalue weighted by atomic mass is 32.2. The van der Waals surface area contributed by atoms with Crippen LogP contribution in [-0.2, 0) is 4.79 Å². The van der Waals surface area contributed by atoms with E-state index < -0.39 is 0 Å². The van der Waals surface area contributed by atoms with Crippen LogP contribution in [0, 0.1) is 0 Å². The molecule has 1 unspecified atom stereocenters. The second-order valence-electron chi connectivity index (χ2n) is 2.95. The Labute approximate surface area is 81.1 Å². The Morgan fingerprint density at radius 3 is 3.23 bits per heavy atom. The Bertz CT molecular complexity index is 297. The molecule has 0 spiro atoms. The van der Waals surface area contributed by atoms with E-state index in [4.69, 9.17) is 4.42 Å². The third kappa shape index (κ3) is 1.58. The molecule has 2 rings (SSSR count). The summed E-state index contributed by atoms with van der Waals surface area (Å²) in [6.07, 6.45) is 1.65. The molecule has 70 valence electrons. The summed E-state index contributed by atoms with van der Waals surface area (Å²) < 4.78 is 5.28. The number of nitrogens with zero attached hydrogens (tertiary/aromatic N) is 1. The second-order valence-corrected chi connectivity index (χ2v) is 4.14. The first-order chi connectivity index (χ1) is 6.29. The van der Waals surface area contributed by atoms with Gasteiger partial charge in [0.1, 0.15) is 11.1 Å². The van der Waals surface area contributed by atoms with Gasteiger partial charge in [-0.05, 0) is 12.1 Å². The van der Waals surface area contributed by atoms with Crippen molar-refractivity contribution in [3.05, 3.63) is 24.2 Å². The molecule has 0 aliphatic carbocycles. The van der Waals surface area contributed by atoms with Gasteiger partial charge in [0.05, 0.1) is 6.26 Å². The molecule has 0 radical (unpaired) electrons. The summed E-state index contributed by atoms with van der Waals surface area (Å²) in [6, 6.07) is 3.77. The van der Waals surface area contributed by atoms with E-state index in [1.807, 2.05) is 17.0 Å². The first-order valence-electron chi connectivity index (χ1n) is 4.21. The summed E-state index contributed by atoms with van der Waals surface area (Å²) in [6.45, 7) is 2.42. The minimum atomic E-state index is 0.0903. The Kier molecular flexibility index (Phi) is 2.31. The summed E-state index contributed by atoms with van der Waals surface area (Å²) >= 11 is 1.75. The van der Waals surface area contributed by atoms with Crippen molar-refractivity contribution in [3.8, 4) is 0 Å². The Morgan fingerprint density at radius 1 is 1.77 bits per heavy atom. The zero-order valence-electron chi connectivity index (χ0n) is 7.40. The third-order valence-corrected chi connectivity index (χ3v) is 3.30. The van der Waals surface area contributed by atoms with Crippen LogP contribution in [0.25, 0.3) is 0 Å². The van der Waals surface area contributed by atoms with E-state index in [-0.39, 0.29) is 11.3 Å². The van der Waals surface area contributed by atoms with E-state index in [1.54, 1.807) is 24.9 Å². The van der Waals surface area contributed by atoms with Gasteiger partial charge in [0.15, 0.2) is 0 Å². The fourth-order valence-corrected chi connectivity index (χ4v) is 2.72. The third-order valence-electron chi connectivity index (χ3n) is 2.08. The van der Waals surface area contributed by atoms with Crippen LogP contribution in [-0.4, -0.2) is 23.1 Å². The average molecular weight is 197 g/mol. The molecule has 3 nitrogen and oxygen atoms in total. The van der Waals surface area contributed by atoms with Gasteiger partial charge >= 0.3 is 0 Å². The van der Waals surface area contributed by atoms with E-state index in [2.05, 4.69) is 0 Å². The molecule has 1 amide bonds. The monoisotopic (exact) mass is 197 g/mol. The lowest BCUT2D eigenvalue weighted by molar-refractivity contribution is -0.129. The van der Waals surface area contributed by atoms with Crippen molar-refractivity contribution in [2.75, 3.05) is 12.3 Å². The van der Waals surface area contributed by atoms with E-state index >= 15 is 0 Å². The van der Waals surface area contributed by atoms with Crippen molar-refractivity contribution < 1.29 is 9.21 Å². The molecular formula is C9H11NO2S. The highest BCUT2D eigenvalue weighted by molar-refractivity contribution is 7.99. The van der Waals surface area contributed by atoms with Crippen molar-refractivity contribution >= 4 is 17.7 Å². The molecular weight excluding hydrogens is 186 g/mol. The van der Waals surface area contributed by atoms with Gasteiger partial charge in [0.2, 0.25) is 5.91 Å². The number of hydrogen-bond acceptors (Lipinski definition) is 3. The molecule has 1 aliphatic heterocycles. The van der Waals surface area contributed by atoms with E-state index in [0.717, 1.165) is 18.1 Å². The summed E-state index contributed by atoms with van der Waals surface area (Å²) in [5.74, 6) is 1.98. The maximum Gasteiger partial charge on any atom is 0.220 e. The Morgan fingerprint density at radius 2 is 2.62 bits per heavy atom. The second kappa shape index (κ2) is 3.46. The lowest BCUT2D eigenvalue weighted by atomic mass is 10.4. The Balaban J connectivity index is 2.19. The number of amides is 1. The van der Waals surface area contributed by atoms with Gasteiger partial charge in [0, 0.05) is 19.2 Å². The standard InChI is InChI=1S/C9H11NO2S/c1-7(11)10-4-6-13-9(10)8-3-2-5-12-8/h2-3,5,9H,4,6H2,1H3. The summed E-state index contributed by atoms with van der Waals surface area (Å²) in [5.41, 5.74) is 0. The normalized spacial score (nSPS) is 22.2. The topological polar surface area (TPSA) is 33.5 Å². The summed E-state index contributed by atoms with van der Waals surface area (Å²) in [5, 5.41) is 0.0903. The maximum absolute atomic E-state index is 11.2. The first kappa shape index (κ1) is 8.69. The smallest absolute Gasteiger partial charge is 0.220 e. The van der Waals surface area contributed by atoms with Crippen LogP contribution >= 0.6 is 11.8 Å². The first-order valence-corrected chi connectivity index (χ1v) is 5.26. The summed E-state index contributed by atoms with van der Waals surface area (Å²) in [7, 11) is 0. The van der Waals surface area contributed by atoms with Gasteiger partial charge in [-0.2, -0.15) is 0 Å². The number of carbonyl (C=O) groups excluding carboxylic acids is 1. The highest BCUT2D eigenvalue weighted by Crippen LogP contribution is 2.37. The number of rotatable bonds is 1. The van der Waals surface area contributed by atoms with Crippen molar-refractivity contribution in [2.24, 2.45) is 0 Å². The van der Waals surface area contributed by atoms with Crippen molar-refractivity contribution in [1.82, 2.24) is 4.90 Å². The molecule has 1 saturated heterocycles. The largest absolute Gasteiger partial charge is 0.466 e. The van der Waals surface area contributed by atoms with Gasteiger partial charge in [-0.1, -0.05) is 0 Å². The van der Waals surface area contributed by atoms with Crippen LogP contribution in [0.2, 0.25) is 0 Å². The van der Waals surface area contributed by atoms with Crippen molar-refractivity contribution in [2.45, 2.75) is 12.3 Å². The molecule has 2 heterocycles. The zero-order valence-corrected chi connectivity index (χ0v) is 8.21. The molecule has 4 heteroatoms. The molecule has 0 aromatic carbocycles. The molecule has 13 heavy (non-hydrogen) atoms. The zero-order chi connectivity index (χ0) is 9.26. The van der Waals surface area contributed by atoms with Gasteiger partial charge in [-0.15, -0.1) is 11.8 Å². The van der Waals surface area contributed by atoms with Gasteiger partial charge in [-0.25, -0.2) is 0 Å². The van der Waals surface area contributed by atoms with Gasteiger partial charge in [0.25, 0.3) is 0 Å². The molecule has 1 atom stereocenters. The fourth-order valence-electron chi connectivity index (χ4n) is 1.46. The van der Waals surface area contributed by atoms with Crippen molar-refractivity contribution in [3.63, 3.8) is 0 Å². The van der Waals surface area contributed by atoms with Crippen LogP contribution in [0.3, 0.4) is 0 Å². The van der Waals surface area contributed by atoms with E-state index in [0.29, 0.717) is 0 Å². The van der Waals surface area contributed by atoms with Crippen molar-refractivity contribution in [1.29, 1.82) is 0 Å². The van der Waals surface area contributed by atoms with E-state index in [9.17, 15) is 4.79 Å². The van der Waals surface area contributed by atoms with Crippen LogP contribution in [0.15, 0.2) is 22.8 Å². The van der Waals surface area contributed by atoms with E-state index in [1.165, 1.54) is 0 Å². The molecule has 0 bridgehead atoms. The number of furan rings is 1. The molecule has 1 aromatic heterocycles. The molecule has 1 fully saturated rings.